The van der Waals surface area contributed by atoms with Crippen molar-refractivity contribution in [2.45, 2.75) is 6.54 Å². The Morgan fingerprint density at radius 2 is 1.81 bits per heavy atom. The highest BCUT2D eigenvalue weighted by Gasteiger charge is 2.13. The molecule has 0 radical (unpaired) electrons. The number of hydrogen-bond acceptors (Lipinski definition) is 6. The summed E-state index contributed by atoms with van der Waals surface area (Å²) in [5, 5.41) is 9.21. The molecule has 0 aliphatic rings. The zero-order valence-corrected chi connectivity index (χ0v) is 19.2. The lowest BCUT2D eigenvalue weighted by Gasteiger charge is -2.09. The molecule has 0 bridgehead atoms. The highest BCUT2D eigenvalue weighted by molar-refractivity contribution is 5.99. The van der Waals surface area contributed by atoms with Crippen LogP contribution in [-0.2, 0) is 6.54 Å². The van der Waals surface area contributed by atoms with E-state index in [-0.39, 0.29) is 5.69 Å². The molecular formula is C26H21FN6O3. The Morgan fingerprint density at radius 3 is 2.56 bits per heavy atom. The fourth-order valence-corrected chi connectivity index (χ4v) is 3.49. The van der Waals surface area contributed by atoms with Crippen molar-refractivity contribution in [1.29, 1.82) is 0 Å². The summed E-state index contributed by atoms with van der Waals surface area (Å²) in [4.78, 5) is 21.0. The van der Waals surface area contributed by atoms with Gasteiger partial charge in [0.15, 0.2) is 0 Å². The monoisotopic (exact) mass is 484 g/mol. The number of anilines is 2. The van der Waals surface area contributed by atoms with Crippen LogP contribution in [0.25, 0.3) is 23.0 Å². The number of ether oxygens (including phenoxy) is 1. The summed E-state index contributed by atoms with van der Waals surface area (Å²) in [6.07, 6.45) is 3.50. The first kappa shape index (κ1) is 22.8. The maximum Gasteiger partial charge on any atom is 0.323 e. The number of nitrogens with zero attached hydrogens (tertiary/aromatic N) is 4. The van der Waals surface area contributed by atoms with Gasteiger partial charge >= 0.3 is 6.03 Å². The molecule has 0 unspecified atom stereocenters. The fraction of sp³-hybridized carbons (Fsp3) is 0.0769. The minimum Gasteiger partial charge on any atom is -0.497 e. The Labute approximate surface area is 205 Å². The zero-order chi connectivity index (χ0) is 24.9. The minimum atomic E-state index is -0.527. The number of amides is 2. The zero-order valence-electron chi connectivity index (χ0n) is 19.2. The van der Waals surface area contributed by atoms with Crippen molar-refractivity contribution in [2.24, 2.45) is 0 Å². The third-order valence-electron chi connectivity index (χ3n) is 5.33. The number of urea groups is 1. The highest BCUT2D eigenvalue weighted by Crippen LogP contribution is 2.23. The number of hydrogen-bond donors (Lipinski definition) is 2. The van der Waals surface area contributed by atoms with Gasteiger partial charge in [0.05, 0.1) is 19.1 Å². The third-order valence-corrected chi connectivity index (χ3v) is 5.33. The van der Waals surface area contributed by atoms with Crippen LogP contribution >= 0.6 is 0 Å². The van der Waals surface area contributed by atoms with Gasteiger partial charge in [-0.25, -0.2) is 14.2 Å². The van der Waals surface area contributed by atoms with Gasteiger partial charge < -0.3 is 24.5 Å². The van der Waals surface area contributed by atoms with Gasteiger partial charge in [-0.1, -0.05) is 29.4 Å². The number of para-hydroxylation sites is 1. The quantitative estimate of drug-likeness (QED) is 0.319. The lowest BCUT2D eigenvalue weighted by molar-refractivity contribution is 0.262. The maximum atomic E-state index is 13.7. The van der Waals surface area contributed by atoms with E-state index in [4.69, 9.17) is 9.26 Å². The van der Waals surface area contributed by atoms with E-state index in [0.29, 0.717) is 29.6 Å². The van der Waals surface area contributed by atoms with Crippen LogP contribution in [0.2, 0.25) is 0 Å². The summed E-state index contributed by atoms with van der Waals surface area (Å²) in [6, 6.07) is 20.1. The van der Waals surface area contributed by atoms with E-state index in [1.165, 1.54) is 12.1 Å². The second kappa shape index (κ2) is 10.1. The molecule has 5 rings (SSSR count). The van der Waals surface area contributed by atoms with Gasteiger partial charge in [-0.05, 0) is 54.1 Å². The molecule has 0 saturated carbocycles. The smallest absolute Gasteiger partial charge is 0.323 e. The minimum absolute atomic E-state index is 0.111. The van der Waals surface area contributed by atoms with Crippen LogP contribution in [0.15, 0.2) is 89.8 Å². The average molecular weight is 484 g/mol. The molecule has 3 aromatic carbocycles. The van der Waals surface area contributed by atoms with Crippen molar-refractivity contribution in [3.05, 3.63) is 96.7 Å². The van der Waals surface area contributed by atoms with Crippen molar-refractivity contribution in [3.63, 3.8) is 0 Å². The van der Waals surface area contributed by atoms with Gasteiger partial charge in [0.1, 0.15) is 17.3 Å². The molecule has 5 aromatic rings. The first-order valence-electron chi connectivity index (χ1n) is 11.0. The van der Waals surface area contributed by atoms with Crippen molar-refractivity contribution in [1.82, 2.24) is 19.7 Å². The molecule has 10 heteroatoms. The molecule has 2 heterocycles. The molecule has 9 nitrogen and oxygen atoms in total. The van der Waals surface area contributed by atoms with Crippen molar-refractivity contribution in [2.75, 3.05) is 17.7 Å². The lowest BCUT2D eigenvalue weighted by Crippen LogP contribution is -2.20. The fourth-order valence-electron chi connectivity index (χ4n) is 3.49. The predicted octanol–water partition coefficient (Wildman–Crippen LogP) is 5.44. The topological polar surface area (TPSA) is 107 Å². The second-order valence-electron chi connectivity index (χ2n) is 7.84. The molecule has 0 aliphatic carbocycles. The predicted molar refractivity (Wildman–Crippen MR) is 132 cm³/mol. The number of aromatic nitrogens is 4. The van der Waals surface area contributed by atoms with Crippen LogP contribution in [0.1, 0.15) is 5.56 Å². The summed E-state index contributed by atoms with van der Waals surface area (Å²) in [6.45, 7) is 0.550. The molecule has 0 atom stereocenters. The van der Waals surface area contributed by atoms with E-state index in [1.807, 2.05) is 47.2 Å². The second-order valence-corrected chi connectivity index (χ2v) is 7.84. The van der Waals surface area contributed by atoms with Crippen LogP contribution < -0.4 is 15.4 Å². The van der Waals surface area contributed by atoms with Crippen molar-refractivity contribution < 1.29 is 18.4 Å². The molecule has 36 heavy (non-hydrogen) atoms. The van der Waals surface area contributed by atoms with Gasteiger partial charge in [0.25, 0.3) is 5.89 Å². The van der Waals surface area contributed by atoms with Gasteiger partial charge in [-0.3, -0.25) is 0 Å². The maximum absolute atomic E-state index is 13.7. The average Bonchev–Trinajstić information content (AvgIpc) is 3.57. The Morgan fingerprint density at radius 1 is 1.03 bits per heavy atom. The number of methoxy groups -OCH3 is 1. The summed E-state index contributed by atoms with van der Waals surface area (Å²) in [5.74, 6) is 1.03. The van der Waals surface area contributed by atoms with Crippen molar-refractivity contribution in [3.8, 4) is 28.7 Å². The SMILES string of the molecule is COc1ccc(-c2noc(-c3cn(Cc4ccc(NC(=O)Nc5ccccc5F)cc4)cn3)n2)cc1. The van der Waals surface area contributed by atoms with Crippen LogP contribution in [-0.4, -0.2) is 32.8 Å². The van der Waals surface area contributed by atoms with E-state index < -0.39 is 11.8 Å². The summed E-state index contributed by atoms with van der Waals surface area (Å²) < 4.78 is 26.1. The van der Waals surface area contributed by atoms with Crippen LogP contribution in [0, 0.1) is 5.82 Å². The van der Waals surface area contributed by atoms with E-state index in [9.17, 15) is 9.18 Å². The van der Waals surface area contributed by atoms with Gasteiger partial charge in [-0.15, -0.1) is 0 Å². The normalized spacial score (nSPS) is 10.7. The van der Waals surface area contributed by atoms with Gasteiger partial charge in [0, 0.05) is 24.0 Å². The number of imidazole rings is 1. The van der Waals surface area contributed by atoms with E-state index in [2.05, 4.69) is 25.8 Å². The lowest BCUT2D eigenvalue weighted by atomic mass is 10.2. The molecular weight excluding hydrogens is 463 g/mol. The summed E-state index contributed by atoms with van der Waals surface area (Å²) in [7, 11) is 1.61. The number of halogens is 1. The van der Waals surface area contributed by atoms with Gasteiger partial charge in [-0.2, -0.15) is 4.98 Å². The van der Waals surface area contributed by atoms with Gasteiger partial charge in [0.2, 0.25) is 5.82 Å². The largest absolute Gasteiger partial charge is 0.497 e. The van der Waals surface area contributed by atoms with Crippen LogP contribution in [0.4, 0.5) is 20.6 Å². The molecule has 0 fully saturated rings. The van der Waals surface area contributed by atoms with E-state index in [1.54, 1.807) is 37.7 Å². The Bertz CT molecular complexity index is 1480. The number of benzene rings is 3. The Hall–Kier alpha value is -4.99. The number of carbonyl (C=O) groups excluding carboxylic acids is 1. The molecule has 180 valence electrons. The highest BCUT2D eigenvalue weighted by atomic mass is 19.1. The summed E-state index contributed by atoms with van der Waals surface area (Å²) in [5.41, 5.74) is 3.05. The Balaban J connectivity index is 1.20. The number of carbonyl (C=O) groups is 1. The molecule has 0 saturated heterocycles. The molecule has 0 aliphatic heterocycles. The van der Waals surface area contributed by atoms with E-state index >= 15 is 0 Å². The van der Waals surface area contributed by atoms with E-state index in [0.717, 1.165) is 16.9 Å². The number of nitrogens with one attached hydrogen (secondary N) is 2. The first-order valence-corrected chi connectivity index (χ1v) is 11.0. The summed E-state index contributed by atoms with van der Waals surface area (Å²) >= 11 is 0. The van der Waals surface area contributed by atoms with Crippen LogP contribution in [0.3, 0.4) is 0 Å². The molecule has 0 spiro atoms. The first-order chi connectivity index (χ1) is 17.6. The standard InChI is InChI=1S/C26H21FN6O3/c1-35-20-12-8-18(9-13-20)24-31-25(36-32-24)23-15-33(16-28-23)14-17-6-10-19(11-7-17)29-26(34)30-22-5-3-2-4-21(22)27/h2-13,15-16H,14H2,1H3,(H2,29,30,34). The number of rotatable bonds is 7. The Kier molecular flexibility index (Phi) is 6.39. The van der Waals surface area contributed by atoms with Crippen molar-refractivity contribution >= 4 is 17.4 Å². The third kappa shape index (κ3) is 5.22. The molecule has 2 amide bonds. The van der Waals surface area contributed by atoms with Crippen LogP contribution in [0.5, 0.6) is 5.75 Å². The molecule has 2 aromatic heterocycles. The molecule has 2 N–H and O–H groups in total.